The number of hydrogen-bond donors (Lipinski definition) is 0. The molecule has 2 heterocycles. The first-order chi connectivity index (χ1) is 9.50. The second kappa shape index (κ2) is 4.73. The van der Waals surface area contributed by atoms with Crippen molar-refractivity contribution in [1.29, 1.82) is 5.26 Å². The van der Waals surface area contributed by atoms with Crippen LogP contribution in [-0.4, -0.2) is 47.9 Å². The first-order valence-electron chi connectivity index (χ1n) is 7.95. The molecule has 1 amide bonds. The summed E-state index contributed by atoms with van der Waals surface area (Å²) in [5, 5.41) is 9.42. The van der Waals surface area contributed by atoms with Gasteiger partial charge in [0, 0.05) is 31.1 Å². The van der Waals surface area contributed by atoms with Crippen molar-refractivity contribution < 1.29 is 4.79 Å². The number of hydrogen-bond acceptors (Lipinski definition) is 3. The fraction of sp³-hybridized carbons (Fsp3) is 0.875. The zero-order valence-corrected chi connectivity index (χ0v) is 12.7. The van der Waals surface area contributed by atoms with Crippen LogP contribution in [0.5, 0.6) is 0 Å². The number of carbonyl (C=O) groups excluding carboxylic acids is 1. The van der Waals surface area contributed by atoms with Gasteiger partial charge < -0.3 is 9.80 Å². The van der Waals surface area contributed by atoms with Crippen LogP contribution in [0.2, 0.25) is 0 Å². The number of rotatable bonds is 2. The van der Waals surface area contributed by atoms with Crippen LogP contribution in [0.15, 0.2) is 0 Å². The maximum atomic E-state index is 12.6. The average molecular weight is 275 g/mol. The maximum absolute atomic E-state index is 12.6. The molecule has 0 bridgehead atoms. The maximum Gasteiger partial charge on any atom is 0.243 e. The number of carbonyl (C=O) groups is 1. The number of nitriles is 1. The van der Waals surface area contributed by atoms with Crippen molar-refractivity contribution in [3.63, 3.8) is 0 Å². The molecule has 3 rings (SSSR count). The standard InChI is InChI=1S/C16H25N3O/c1-13(2)18-8-7-15(10-18)11-19(12-15)14(20)16(9-17)5-3-4-6-16/h13H,3-8,10-12H2,1-2H3. The zero-order valence-electron chi connectivity index (χ0n) is 12.7. The Kier molecular flexibility index (Phi) is 3.29. The summed E-state index contributed by atoms with van der Waals surface area (Å²) in [6.45, 7) is 8.50. The molecule has 0 aromatic carbocycles. The molecule has 1 spiro atoms. The normalized spacial score (nSPS) is 27.8. The third-order valence-electron chi connectivity index (χ3n) is 5.62. The highest BCUT2D eigenvalue weighted by atomic mass is 16.2. The summed E-state index contributed by atoms with van der Waals surface area (Å²) in [4.78, 5) is 17.1. The summed E-state index contributed by atoms with van der Waals surface area (Å²) in [5.41, 5.74) is -0.354. The predicted octanol–water partition coefficient (Wildman–Crippen LogP) is 2.01. The van der Waals surface area contributed by atoms with Gasteiger partial charge in [-0.05, 0) is 39.7 Å². The quantitative estimate of drug-likeness (QED) is 0.774. The van der Waals surface area contributed by atoms with Gasteiger partial charge in [-0.15, -0.1) is 0 Å². The predicted molar refractivity (Wildman–Crippen MR) is 76.9 cm³/mol. The molecule has 110 valence electrons. The molecule has 0 unspecified atom stereocenters. The largest absolute Gasteiger partial charge is 0.340 e. The Hall–Kier alpha value is -1.08. The minimum absolute atomic E-state index is 0.117. The third kappa shape index (κ3) is 2.03. The van der Waals surface area contributed by atoms with Crippen LogP contribution in [0, 0.1) is 22.2 Å². The summed E-state index contributed by atoms with van der Waals surface area (Å²) in [6, 6.07) is 2.93. The van der Waals surface area contributed by atoms with Crippen molar-refractivity contribution in [2.75, 3.05) is 26.2 Å². The van der Waals surface area contributed by atoms with E-state index in [0.717, 1.165) is 51.9 Å². The van der Waals surface area contributed by atoms with Crippen LogP contribution in [-0.2, 0) is 4.79 Å². The summed E-state index contributed by atoms with van der Waals surface area (Å²) in [5.74, 6) is 0.117. The molecule has 0 N–H and O–H groups in total. The highest BCUT2D eigenvalue weighted by Crippen LogP contribution is 2.45. The number of amides is 1. The lowest BCUT2D eigenvalue weighted by molar-refractivity contribution is -0.150. The van der Waals surface area contributed by atoms with E-state index in [9.17, 15) is 10.1 Å². The van der Waals surface area contributed by atoms with Crippen LogP contribution in [0.25, 0.3) is 0 Å². The average Bonchev–Trinajstić information content (AvgIpc) is 3.04. The summed E-state index contributed by atoms with van der Waals surface area (Å²) in [6.07, 6.45) is 4.79. The SMILES string of the molecule is CC(C)N1CCC2(CN(C(=O)C3(C#N)CCCC3)C2)C1. The molecule has 3 fully saturated rings. The lowest BCUT2D eigenvalue weighted by Crippen LogP contribution is -2.62. The van der Waals surface area contributed by atoms with E-state index < -0.39 is 5.41 Å². The molecule has 3 aliphatic rings. The van der Waals surface area contributed by atoms with Crippen molar-refractivity contribution in [3.8, 4) is 6.07 Å². The topological polar surface area (TPSA) is 47.3 Å². The van der Waals surface area contributed by atoms with Gasteiger partial charge in [-0.3, -0.25) is 4.79 Å². The van der Waals surface area contributed by atoms with Gasteiger partial charge in [0.05, 0.1) is 6.07 Å². The minimum Gasteiger partial charge on any atom is -0.340 e. The van der Waals surface area contributed by atoms with Gasteiger partial charge in [-0.25, -0.2) is 0 Å². The summed E-state index contributed by atoms with van der Waals surface area (Å²) >= 11 is 0. The second-order valence-corrected chi connectivity index (χ2v) is 7.38. The molecular weight excluding hydrogens is 250 g/mol. The van der Waals surface area contributed by atoms with E-state index in [1.54, 1.807) is 0 Å². The first-order valence-corrected chi connectivity index (χ1v) is 7.95. The Morgan fingerprint density at radius 1 is 1.15 bits per heavy atom. The zero-order chi connectivity index (χ0) is 14.4. The van der Waals surface area contributed by atoms with E-state index in [1.165, 1.54) is 6.42 Å². The molecule has 2 aliphatic heterocycles. The fourth-order valence-electron chi connectivity index (χ4n) is 4.23. The van der Waals surface area contributed by atoms with Gasteiger partial charge in [-0.2, -0.15) is 5.26 Å². The van der Waals surface area contributed by atoms with Crippen molar-refractivity contribution in [2.24, 2.45) is 10.8 Å². The van der Waals surface area contributed by atoms with Crippen molar-refractivity contribution >= 4 is 5.91 Å². The highest BCUT2D eigenvalue weighted by molar-refractivity contribution is 5.86. The second-order valence-electron chi connectivity index (χ2n) is 7.38. The lowest BCUT2D eigenvalue weighted by atomic mass is 9.76. The lowest BCUT2D eigenvalue weighted by Gasteiger charge is -2.50. The molecule has 0 aromatic rings. The van der Waals surface area contributed by atoms with Crippen molar-refractivity contribution in [3.05, 3.63) is 0 Å². The number of nitrogens with zero attached hydrogens (tertiary/aromatic N) is 3. The first kappa shape index (κ1) is 13.9. The van der Waals surface area contributed by atoms with Crippen LogP contribution in [0.4, 0.5) is 0 Å². The van der Waals surface area contributed by atoms with Crippen LogP contribution >= 0.6 is 0 Å². The molecule has 1 saturated carbocycles. The Morgan fingerprint density at radius 3 is 2.30 bits per heavy atom. The molecule has 2 saturated heterocycles. The van der Waals surface area contributed by atoms with Crippen LogP contribution in [0.1, 0.15) is 46.0 Å². The monoisotopic (exact) mass is 275 g/mol. The molecule has 20 heavy (non-hydrogen) atoms. The van der Waals surface area contributed by atoms with Gasteiger partial charge in [0.2, 0.25) is 5.91 Å². The molecule has 1 aliphatic carbocycles. The van der Waals surface area contributed by atoms with Gasteiger partial charge in [0.1, 0.15) is 5.41 Å². The Balaban J connectivity index is 1.61. The smallest absolute Gasteiger partial charge is 0.243 e. The Bertz CT molecular complexity index is 439. The van der Waals surface area contributed by atoms with E-state index in [-0.39, 0.29) is 5.91 Å². The van der Waals surface area contributed by atoms with E-state index in [2.05, 4.69) is 24.8 Å². The Morgan fingerprint density at radius 2 is 1.80 bits per heavy atom. The fourth-order valence-corrected chi connectivity index (χ4v) is 4.23. The molecule has 4 nitrogen and oxygen atoms in total. The molecule has 0 radical (unpaired) electrons. The Labute approximate surface area is 121 Å². The summed E-state index contributed by atoms with van der Waals surface area (Å²) < 4.78 is 0. The molecule has 0 aromatic heterocycles. The van der Waals surface area contributed by atoms with E-state index in [4.69, 9.17) is 0 Å². The van der Waals surface area contributed by atoms with Crippen LogP contribution < -0.4 is 0 Å². The van der Waals surface area contributed by atoms with Crippen molar-refractivity contribution in [2.45, 2.75) is 52.0 Å². The molecular formula is C16H25N3O. The highest BCUT2D eigenvalue weighted by Gasteiger charge is 2.54. The van der Waals surface area contributed by atoms with Gasteiger partial charge in [0.15, 0.2) is 0 Å². The van der Waals surface area contributed by atoms with Crippen molar-refractivity contribution in [1.82, 2.24) is 9.80 Å². The van der Waals surface area contributed by atoms with E-state index in [0.29, 0.717) is 11.5 Å². The van der Waals surface area contributed by atoms with E-state index in [1.807, 2.05) is 4.90 Å². The van der Waals surface area contributed by atoms with Crippen LogP contribution in [0.3, 0.4) is 0 Å². The van der Waals surface area contributed by atoms with E-state index >= 15 is 0 Å². The molecule has 4 heteroatoms. The minimum atomic E-state index is -0.683. The van der Waals surface area contributed by atoms with Gasteiger partial charge in [-0.1, -0.05) is 12.8 Å². The van der Waals surface area contributed by atoms with Gasteiger partial charge in [0.25, 0.3) is 0 Å². The molecule has 0 atom stereocenters. The van der Waals surface area contributed by atoms with Gasteiger partial charge >= 0.3 is 0 Å². The summed E-state index contributed by atoms with van der Waals surface area (Å²) in [7, 11) is 0. The number of likely N-dealkylation sites (tertiary alicyclic amines) is 2. The third-order valence-corrected chi connectivity index (χ3v) is 5.62.